The molecule has 4 rings (SSSR count). The van der Waals surface area contributed by atoms with E-state index in [-0.39, 0.29) is 17.8 Å². The van der Waals surface area contributed by atoms with Crippen LogP contribution in [0.2, 0.25) is 0 Å². The van der Waals surface area contributed by atoms with Gasteiger partial charge in [-0.1, -0.05) is 6.07 Å². The number of aromatic nitrogens is 2. The molecule has 0 amide bonds. The number of hydrogen-bond donors (Lipinski definition) is 2. The van der Waals surface area contributed by atoms with Crippen LogP contribution in [0.15, 0.2) is 54.7 Å². The van der Waals surface area contributed by atoms with Crippen LogP contribution in [0.5, 0.6) is 5.75 Å². The summed E-state index contributed by atoms with van der Waals surface area (Å²) in [6.45, 7) is 4.22. The molecule has 1 aliphatic rings. The normalized spacial score (nSPS) is 19.4. The fourth-order valence-corrected chi connectivity index (χ4v) is 4.17. The van der Waals surface area contributed by atoms with Crippen molar-refractivity contribution in [3.63, 3.8) is 0 Å². The van der Waals surface area contributed by atoms with E-state index in [0.29, 0.717) is 0 Å². The Morgan fingerprint density at radius 1 is 1.11 bits per heavy atom. The third kappa shape index (κ3) is 2.96. The van der Waals surface area contributed by atoms with Crippen LogP contribution < -0.4 is 5.32 Å². The minimum absolute atomic E-state index is 0.00234. The Morgan fingerprint density at radius 2 is 1.85 bits per heavy atom. The van der Waals surface area contributed by atoms with Crippen molar-refractivity contribution in [2.24, 2.45) is 0 Å². The van der Waals surface area contributed by atoms with Gasteiger partial charge in [0, 0.05) is 30.3 Å². The van der Waals surface area contributed by atoms with Gasteiger partial charge >= 0.3 is 0 Å². The maximum Gasteiger partial charge on any atom is 0.169 e. The number of aryl methyl sites for hydroxylation is 1. The summed E-state index contributed by atoms with van der Waals surface area (Å²) in [6, 6.07) is 15.5. The predicted molar refractivity (Wildman–Crippen MR) is 110 cm³/mol. The maximum absolute atomic E-state index is 9.60. The molecule has 1 aliphatic heterocycles. The second-order valence-electron chi connectivity index (χ2n) is 6.92. The molecule has 2 aromatic heterocycles. The number of nitrogens with one attached hydrogen (secondary N) is 1. The SMILES string of the molecule is Cc1cc([C@H]2[C@H](c3ccccn3)NC(=S)N2C)c(C)n1-c1ccc(O)cc1. The molecule has 0 bridgehead atoms. The summed E-state index contributed by atoms with van der Waals surface area (Å²) in [4.78, 5) is 6.66. The molecule has 0 radical (unpaired) electrons. The number of thiocarbonyl (C=S) groups is 1. The summed E-state index contributed by atoms with van der Waals surface area (Å²) in [5, 5.41) is 13.8. The van der Waals surface area contributed by atoms with Crippen molar-refractivity contribution >= 4 is 17.3 Å². The average molecular weight is 379 g/mol. The molecule has 1 aromatic carbocycles. The van der Waals surface area contributed by atoms with Crippen LogP contribution >= 0.6 is 12.2 Å². The molecule has 2 N–H and O–H groups in total. The van der Waals surface area contributed by atoms with Gasteiger partial charge in [0.15, 0.2) is 5.11 Å². The smallest absolute Gasteiger partial charge is 0.169 e. The second kappa shape index (κ2) is 6.70. The third-order valence-corrected chi connectivity index (χ3v) is 5.64. The Kier molecular flexibility index (Phi) is 4.36. The van der Waals surface area contributed by atoms with Crippen molar-refractivity contribution in [1.29, 1.82) is 0 Å². The van der Waals surface area contributed by atoms with Crippen molar-refractivity contribution in [2.75, 3.05) is 7.05 Å². The highest BCUT2D eigenvalue weighted by Gasteiger charge is 2.39. The zero-order valence-corrected chi connectivity index (χ0v) is 16.4. The number of rotatable bonds is 3. The lowest BCUT2D eigenvalue weighted by atomic mass is 9.97. The Balaban J connectivity index is 1.81. The molecule has 5 nitrogen and oxygen atoms in total. The van der Waals surface area contributed by atoms with E-state index < -0.39 is 0 Å². The van der Waals surface area contributed by atoms with Crippen molar-refractivity contribution in [3.05, 3.63) is 77.4 Å². The van der Waals surface area contributed by atoms with Gasteiger partial charge in [0.25, 0.3) is 0 Å². The lowest BCUT2D eigenvalue weighted by molar-refractivity contribution is 0.367. The molecule has 0 saturated carbocycles. The molecule has 138 valence electrons. The second-order valence-corrected chi connectivity index (χ2v) is 7.30. The average Bonchev–Trinajstić information content (AvgIpc) is 3.12. The minimum Gasteiger partial charge on any atom is -0.508 e. The summed E-state index contributed by atoms with van der Waals surface area (Å²) < 4.78 is 2.21. The predicted octanol–water partition coefficient (Wildman–Crippen LogP) is 3.80. The van der Waals surface area contributed by atoms with Gasteiger partial charge in [0.1, 0.15) is 5.75 Å². The summed E-state index contributed by atoms with van der Waals surface area (Å²) in [7, 11) is 2.02. The first kappa shape index (κ1) is 17.5. The van der Waals surface area contributed by atoms with Crippen molar-refractivity contribution in [1.82, 2.24) is 19.8 Å². The molecule has 1 saturated heterocycles. The number of benzene rings is 1. The van der Waals surface area contributed by atoms with Crippen molar-refractivity contribution in [3.8, 4) is 11.4 Å². The van der Waals surface area contributed by atoms with Crippen LogP contribution in [0.25, 0.3) is 5.69 Å². The van der Waals surface area contributed by atoms with E-state index in [2.05, 4.69) is 39.7 Å². The fraction of sp³-hybridized carbons (Fsp3) is 0.238. The van der Waals surface area contributed by atoms with Crippen LogP contribution in [0.3, 0.4) is 0 Å². The summed E-state index contributed by atoms with van der Waals surface area (Å²) >= 11 is 5.54. The van der Waals surface area contributed by atoms with Gasteiger partial charge < -0.3 is 19.9 Å². The van der Waals surface area contributed by atoms with Crippen molar-refractivity contribution in [2.45, 2.75) is 25.9 Å². The van der Waals surface area contributed by atoms with Crippen LogP contribution in [-0.2, 0) is 0 Å². The molecule has 6 heteroatoms. The van der Waals surface area contributed by atoms with Crippen LogP contribution in [0.1, 0.15) is 34.7 Å². The molecule has 3 aromatic rings. The van der Waals surface area contributed by atoms with Gasteiger partial charge in [0.2, 0.25) is 0 Å². The summed E-state index contributed by atoms with van der Waals surface area (Å²) in [5.41, 5.74) is 5.51. The standard InChI is InChI=1S/C21H22N4OS/c1-13-12-17(14(2)25(13)15-7-9-16(26)10-8-15)20-19(23-21(27)24(20)3)18-6-4-5-11-22-18/h4-12,19-20,26H,1-3H3,(H,23,27)/t19-,20-/m0/s1. The highest BCUT2D eigenvalue weighted by Crippen LogP contribution is 2.40. The Labute approximate surface area is 164 Å². The first-order chi connectivity index (χ1) is 13.0. The molecular weight excluding hydrogens is 356 g/mol. The Hall–Kier alpha value is -2.86. The number of phenolic OH excluding ortho intramolecular Hbond substituents is 1. The highest BCUT2D eigenvalue weighted by atomic mass is 32.1. The van der Waals surface area contributed by atoms with E-state index in [1.807, 2.05) is 43.6 Å². The fourth-order valence-electron chi connectivity index (χ4n) is 3.93. The quantitative estimate of drug-likeness (QED) is 0.679. The Morgan fingerprint density at radius 3 is 2.52 bits per heavy atom. The minimum atomic E-state index is -0.00234. The molecule has 1 fully saturated rings. The summed E-state index contributed by atoms with van der Waals surface area (Å²) in [6.07, 6.45) is 1.81. The lowest BCUT2D eigenvalue weighted by Gasteiger charge is -2.24. The molecular formula is C21H22N4OS. The van der Waals surface area contributed by atoms with E-state index >= 15 is 0 Å². The maximum atomic E-state index is 9.60. The number of pyridine rings is 1. The van der Waals surface area contributed by atoms with E-state index in [0.717, 1.165) is 27.9 Å². The van der Waals surface area contributed by atoms with Crippen LogP contribution in [0, 0.1) is 13.8 Å². The number of aromatic hydroxyl groups is 1. The van der Waals surface area contributed by atoms with E-state index in [9.17, 15) is 5.11 Å². The van der Waals surface area contributed by atoms with Gasteiger partial charge in [-0.05, 0) is 74.1 Å². The molecule has 27 heavy (non-hydrogen) atoms. The topological polar surface area (TPSA) is 53.3 Å². The molecule has 0 unspecified atom stereocenters. The number of nitrogens with zero attached hydrogens (tertiary/aromatic N) is 3. The first-order valence-corrected chi connectivity index (χ1v) is 9.30. The molecule has 0 aliphatic carbocycles. The van der Waals surface area contributed by atoms with E-state index in [1.54, 1.807) is 12.1 Å². The van der Waals surface area contributed by atoms with Crippen LogP contribution in [-0.4, -0.2) is 31.7 Å². The van der Waals surface area contributed by atoms with E-state index in [4.69, 9.17) is 12.2 Å². The van der Waals surface area contributed by atoms with Crippen LogP contribution in [0.4, 0.5) is 0 Å². The molecule has 0 spiro atoms. The number of hydrogen-bond acceptors (Lipinski definition) is 3. The van der Waals surface area contributed by atoms with Gasteiger partial charge in [-0.25, -0.2) is 0 Å². The first-order valence-electron chi connectivity index (χ1n) is 8.90. The lowest BCUT2D eigenvalue weighted by Crippen LogP contribution is -2.25. The number of phenols is 1. The third-order valence-electron chi connectivity index (χ3n) is 5.24. The number of likely N-dealkylation sites (N-methyl/N-ethyl adjacent to an activating group) is 1. The largest absolute Gasteiger partial charge is 0.508 e. The van der Waals surface area contributed by atoms with Gasteiger partial charge in [0.05, 0.1) is 17.8 Å². The van der Waals surface area contributed by atoms with Crippen molar-refractivity contribution < 1.29 is 5.11 Å². The van der Waals surface area contributed by atoms with Gasteiger partial charge in [-0.15, -0.1) is 0 Å². The molecule has 2 atom stereocenters. The summed E-state index contributed by atoms with van der Waals surface area (Å²) in [5.74, 6) is 0.265. The van der Waals surface area contributed by atoms with Gasteiger partial charge in [-0.3, -0.25) is 4.98 Å². The highest BCUT2D eigenvalue weighted by molar-refractivity contribution is 7.80. The molecule has 3 heterocycles. The zero-order chi connectivity index (χ0) is 19.1. The zero-order valence-electron chi connectivity index (χ0n) is 15.5. The van der Waals surface area contributed by atoms with Gasteiger partial charge in [-0.2, -0.15) is 0 Å². The monoisotopic (exact) mass is 378 g/mol. The van der Waals surface area contributed by atoms with E-state index in [1.165, 1.54) is 5.56 Å². The Bertz CT molecular complexity index is 981.